The highest BCUT2D eigenvalue weighted by molar-refractivity contribution is 5.94. The van der Waals surface area contributed by atoms with Crippen LogP contribution in [0.15, 0.2) is 42.7 Å². The highest BCUT2D eigenvalue weighted by Crippen LogP contribution is 2.23. The number of benzene rings is 1. The minimum Gasteiger partial charge on any atom is -0.495 e. The van der Waals surface area contributed by atoms with Crippen molar-refractivity contribution in [2.24, 2.45) is 0 Å². The van der Waals surface area contributed by atoms with Crippen molar-refractivity contribution in [1.82, 2.24) is 9.78 Å². The van der Waals surface area contributed by atoms with Crippen LogP contribution in [0.25, 0.3) is 0 Å². The maximum atomic E-state index is 12.1. The summed E-state index contributed by atoms with van der Waals surface area (Å²) >= 11 is 0. The SMILES string of the molecule is COc1ccccc1NC(=O)C(C)n1cccn1. The molecule has 0 fully saturated rings. The number of nitrogens with one attached hydrogen (secondary N) is 1. The van der Waals surface area contributed by atoms with E-state index in [4.69, 9.17) is 4.74 Å². The van der Waals surface area contributed by atoms with E-state index in [0.717, 1.165) is 0 Å². The average molecular weight is 245 g/mol. The van der Waals surface area contributed by atoms with E-state index in [1.807, 2.05) is 12.1 Å². The van der Waals surface area contributed by atoms with Crippen molar-refractivity contribution in [2.45, 2.75) is 13.0 Å². The lowest BCUT2D eigenvalue weighted by Crippen LogP contribution is -2.24. The quantitative estimate of drug-likeness (QED) is 0.897. The molecule has 1 atom stereocenters. The van der Waals surface area contributed by atoms with Gasteiger partial charge in [-0.2, -0.15) is 5.10 Å². The van der Waals surface area contributed by atoms with Crippen LogP contribution < -0.4 is 10.1 Å². The van der Waals surface area contributed by atoms with Gasteiger partial charge in [0.05, 0.1) is 12.8 Å². The van der Waals surface area contributed by atoms with Crippen LogP contribution in [-0.2, 0) is 4.79 Å². The number of aromatic nitrogens is 2. The summed E-state index contributed by atoms with van der Waals surface area (Å²) < 4.78 is 6.78. The Labute approximate surface area is 105 Å². The lowest BCUT2D eigenvalue weighted by atomic mass is 10.2. The molecule has 1 heterocycles. The van der Waals surface area contributed by atoms with E-state index >= 15 is 0 Å². The van der Waals surface area contributed by atoms with Crippen LogP contribution in [0.4, 0.5) is 5.69 Å². The molecule has 0 aliphatic heterocycles. The Morgan fingerprint density at radius 1 is 1.39 bits per heavy atom. The van der Waals surface area contributed by atoms with Crippen molar-refractivity contribution < 1.29 is 9.53 Å². The maximum absolute atomic E-state index is 12.1. The third-order valence-electron chi connectivity index (χ3n) is 2.67. The minimum absolute atomic E-state index is 0.136. The molecule has 1 N–H and O–H groups in total. The van der Waals surface area contributed by atoms with E-state index < -0.39 is 0 Å². The summed E-state index contributed by atoms with van der Waals surface area (Å²) in [6.07, 6.45) is 3.40. The zero-order chi connectivity index (χ0) is 13.0. The van der Waals surface area contributed by atoms with Gasteiger partial charge in [0.1, 0.15) is 11.8 Å². The molecule has 0 aliphatic rings. The molecule has 18 heavy (non-hydrogen) atoms. The monoisotopic (exact) mass is 245 g/mol. The molecule has 1 unspecified atom stereocenters. The number of ether oxygens (including phenoxy) is 1. The molecule has 0 saturated heterocycles. The Morgan fingerprint density at radius 2 is 2.17 bits per heavy atom. The van der Waals surface area contributed by atoms with Crippen LogP contribution in [0.5, 0.6) is 5.75 Å². The summed E-state index contributed by atoms with van der Waals surface area (Å²) in [6.45, 7) is 1.79. The summed E-state index contributed by atoms with van der Waals surface area (Å²) in [5, 5.41) is 6.87. The van der Waals surface area contributed by atoms with Crippen molar-refractivity contribution in [1.29, 1.82) is 0 Å². The normalized spacial score (nSPS) is 11.9. The van der Waals surface area contributed by atoms with Gasteiger partial charge in [-0.05, 0) is 25.1 Å². The fraction of sp³-hybridized carbons (Fsp3) is 0.231. The third-order valence-corrected chi connectivity index (χ3v) is 2.67. The molecular formula is C13H15N3O2. The van der Waals surface area contributed by atoms with E-state index in [1.54, 1.807) is 49.3 Å². The molecule has 0 radical (unpaired) electrons. The first-order valence-corrected chi connectivity index (χ1v) is 5.65. The van der Waals surface area contributed by atoms with Gasteiger partial charge in [0.15, 0.2) is 0 Å². The van der Waals surface area contributed by atoms with Crippen LogP contribution in [-0.4, -0.2) is 22.8 Å². The number of anilines is 1. The van der Waals surface area contributed by atoms with Crippen LogP contribution >= 0.6 is 0 Å². The number of nitrogens with zero attached hydrogens (tertiary/aromatic N) is 2. The fourth-order valence-corrected chi connectivity index (χ4v) is 1.61. The first-order chi connectivity index (χ1) is 8.72. The summed E-state index contributed by atoms with van der Waals surface area (Å²) in [7, 11) is 1.57. The second-order valence-electron chi connectivity index (χ2n) is 3.85. The van der Waals surface area contributed by atoms with Gasteiger partial charge in [0, 0.05) is 12.4 Å². The van der Waals surface area contributed by atoms with Crippen LogP contribution in [0, 0.1) is 0 Å². The second-order valence-corrected chi connectivity index (χ2v) is 3.85. The molecule has 1 aromatic carbocycles. The van der Waals surface area contributed by atoms with E-state index in [-0.39, 0.29) is 11.9 Å². The number of carbonyl (C=O) groups is 1. The Kier molecular flexibility index (Phi) is 3.62. The number of hydrogen-bond acceptors (Lipinski definition) is 3. The Morgan fingerprint density at radius 3 is 2.83 bits per heavy atom. The van der Waals surface area contributed by atoms with Gasteiger partial charge in [0.25, 0.3) is 0 Å². The molecule has 1 amide bonds. The van der Waals surface area contributed by atoms with Gasteiger partial charge in [-0.15, -0.1) is 0 Å². The molecule has 0 bridgehead atoms. The Hall–Kier alpha value is -2.30. The van der Waals surface area contributed by atoms with Gasteiger partial charge >= 0.3 is 0 Å². The smallest absolute Gasteiger partial charge is 0.249 e. The predicted molar refractivity (Wildman–Crippen MR) is 68.6 cm³/mol. The third kappa shape index (κ3) is 2.51. The van der Waals surface area contributed by atoms with Crippen molar-refractivity contribution in [3.05, 3.63) is 42.7 Å². The summed E-state index contributed by atoms with van der Waals surface area (Å²) in [6, 6.07) is 8.71. The van der Waals surface area contributed by atoms with E-state index in [2.05, 4.69) is 10.4 Å². The molecule has 0 aliphatic carbocycles. The molecule has 0 spiro atoms. The minimum atomic E-state index is -0.370. The number of rotatable bonds is 4. The van der Waals surface area contributed by atoms with Gasteiger partial charge in [-0.3, -0.25) is 9.48 Å². The zero-order valence-corrected chi connectivity index (χ0v) is 10.3. The Balaban J connectivity index is 2.12. The number of amides is 1. The van der Waals surface area contributed by atoms with Crippen LogP contribution in [0.1, 0.15) is 13.0 Å². The van der Waals surface area contributed by atoms with E-state index in [0.29, 0.717) is 11.4 Å². The predicted octanol–water partition coefficient (Wildman–Crippen LogP) is 2.09. The molecule has 2 rings (SSSR count). The number of hydrogen-bond donors (Lipinski definition) is 1. The van der Waals surface area contributed by atoms with Gasteiger partial charge < -0.3 is 10.1 Å². The van der Waals surface area contributed by atoms with Gasteiger partial charge in [-0.1, -0.05) is 12.1 Å². The first-order valence-electron chi connectivity index (χ1n) is 5.65. The standard InChI is InChI=1S/C13H15N3O2/c1-10(16-9-5-8-14-16)13(17)15-11-6-3-4-7-12(11)18-2/h3-10H,1-2H3,(H,15,17). The van der Waals surface area contributed by atoms with E-state index in [1.165, 1.54) is 0 Å². The number of carbonyl (C=O) groups excluding carboxylic acids is 1. The molecule has 0 saturated carbocycles. The summed E-state index contributed by atoms with van der Waals surface area (Å²) in [5.41, 5.74) is 0.656. The summed E-state index contributed by atoms with van der Waals surface area (Å²) in [5.74, 6) is 0.502. The molecule has 94 valence electrons. The highest BCUT2D eigenvalue weighted by atomic mass is 16.5. The zero-order valence-electron chi connectivity index (χ0n) is 10.3. The van der Waals surface area contributed by atoms with Crippen molar-refractivity contribution in [3.8, 4) is 5.75 Å². The van der Waals surface area contributed by atoms with Gasteiger partial charge in [0.2, 0.25) is 5.91 Å². The first kappa shape index (κ1) is 12.2. The lowest BCUT2D eigenvalue weighted by molar-refractivity contribution is -0.119. The molecule has 1 aromatic heterocycles. The van der Waals surface area contributed by atoms with Gasteiger partial charge in [-0.25, -0.2) is 0 Å². The molecule has 5 heteroatoms. The van der Waals surface area contributed by atoms with Crippen LogP contribution in [0.2, 0.25) is 0 Å². The second kappa shape index (κ2) is 5.35. The van der Waals surface area contributed by atoms with Crippen LogP contribution in [0.3, 0.4) is 0 Å². The van der Waals surface area contributed by atoms with E-state index in [9.17, 15) is 4.79 Å². The lowest BCUT2D eigenvalue weighted by Gasteiger charge is -2.14. The Bertz CT molecular complexity index is 523. The number of methoxy groups -OCH3 is 1. The van der Waals surface area contributed by atoms with Crippen molar-refractivity contribution in [2.75, 3.05) is 12.4 Å². The molecular weight excluding hydrogens is 230 g/mol. The average Bonchev–Trinajstić information content (AvgIpc) is 2.92. The largest absolute Gasteiger partial charge is 0.495 e. The summed E-state index contributed by atoms with van der Waals surface area (Å²) in [4.78, 5) is 12.1. The topological polar surface area (TPSA) is 56.1 Å². The van der Waals surface area contributed by atoms with Crippen molar-refractivity contribution in [3.63, 3.8) is 0 Å². The van der Waals surface area contributed by atoms with Crippen molar-refractivity contribution >= 4 is 11.6 Å². The number of para-hydroxylation sites is 2. The molecule has 2 aromatic rings. The fourth-order valence-electron chi connectivity index (χ4n) is 1.61. The highest BCUT2D eigenvalue weighted by Gasteiger charge is 2.16. The molecule has 5 nitrogen and oxygen atoms in total. The maximum Gasteiger partial charge on any atom is 0.249 e.